The van der Waals surface area contributed by atoms with Gasteiger partial charge in [-0.15, -0.1) is 6.42 Å². The fourth-order valence-electron chi connectivity index (χ4n) is 3.99. The van der Waals surface area contributed by atoms with Crippen molar-refractivity contribution in [3.05, 3.63) is 71.8 Å². The molecular weight excluding hydrogens is 386 g/mol. The smallest absolute Gasteiger partial charge is 0.193 e. The van der Waals surface area contributed by atoms with Crippen molar-refractivity contribution in [1.82, 2.24) is 5.32 Å². The molecule has 0 saturated carbocycles. The Kier molecular flexibility index (Phi) is 6.89. The second-order valence-electron chi connectivity index (χ2n) is 9.66. The van der Waals surface area contributed by atoms with Crippen LogP contribution in [0.1, 0.15) is 38.3 Å². The first-order valence-corrected chi connectivity index (χ1v) is 13.7. The molecule has 0 aliphatic carbocycles. The van der Waals surface area contributed by atoms with Crippen LogP contribution in [-0.4, -0.2) is 33.6 Å². The third kappa shape index (κ3) is 4.55. The first kappa shape index (κ1) is 22.8. The summed E-state index contributed by atoms with van der Waals surface area (Å²) < 4.78 is 13.3. The van der Waals surface area contributed by atoms with E-state index in [0.717, 1.165) is 13.0 Å². The van der Waals surface area contributed by atoms with Crippen molar-refractivity contribution in [2.24, 2.45) is 0 Å². The van der Waals surface area contributed by atoms with E-state index in [1.807, 2.05) is 0 Å². The summed E-state index contributed by atoms with van der Waals surface area (Å²) >= 11 is 0. The maximum atomic E-state index is 7.38. The molecule has 1 heterocycles. The molecule has 0 spiro atoms. The minimum absolute atomic E-state index is 0.0826. The van der Waals surface area contributed by atoms with Crippen molar-refractivity contribution in [2.45, 2.75) is 63.1 Å². The normalized spacial score (nSPS) is 20.1. The number of rotatable bonds is 7. The predicted octanol–water partition coefficient (Wildman–Crippen LogP) is 5.33. The van der Waals surface area contributed by atoms with Crippen LogP contribution in [0.15, 0.2) is 60.7 Å². The Morgan fingerprint density at radius 1 is 1.00 bits per heavy atom. The zero-order valence-corrected chi connectivity index (χ0v) is 19.9. The molecule has 0 bridgehead atoms. The molecule has 30 heavy (non-hydrogen) atoms. The molecule has 1 fully saturated rings. The van der Waals surface area contributed by atoms with Crippen LogP contribution in [0, 0.1) is 12.3 Å². The summed E-state index contributed by atoms with van der Waals surface area (Å²) in [7, 11) is -2.13. The Labute approximate surface area is 183 Å². The van der Waals surface area contributed by atoms with E-state index >= 15 is 0 Å². The molecule has 1 saturated heterocycles. The molecule has 1 aliphatic rings. The molecule has 2 atom stereocenters. The maximum Gasteiger partial charge on any atom is 0.193 e. The summed E-state index contributed by atoms with van der Waals surface area (Å²) in [4.78, 5) is 0. The highest BCUT2D eigenvalue weighted by atomic mass is 28.4. The highest BCUT2D eigenvalue weighted by Gasteiger charge is 2.52. The van der Waals surface area contributed by atoms with Crippen LogP contribution in [0.3, 0.4) is 0 Å². The van der Waals surface area contributed by atoms with Gasteiger partial charge in [0.15, 0.2) is 8.32 Å². The van der Waals surface area contributed by atoms with Gasteiger partial charge < -0.3 is 14.5 Å². The lowest BCUT2D eigenvalue weighted by molar-refractivity contribution is 0.0427. The van der Waals surface area contributed by atoms with Gasteiger partial charge >= 0.3 is 0 Å². The zero-order chi connectivity index (χ0) is 21.8. The zero-order valence-electron chi connectivity index (χ0n) is 18.9. The van der Waals surface area contributed by atoms with Crippen molar-refractivity contribution in [2.75, 3.05) is 13.2 Å². The molecule has 4 heteroatoms. The molecule has 1 N–H and O–H groups in total. The Bertz CT molecular complexity index is 813. The van der Waals surface area contributed by atoms with Crippen LogP contribution < -0.4 is 5.32 Å². The predicted molar refractivity (Wildman–Crippen MR) is 127 cm³/mol. The standard InChI is InChI=1S/C26H35NO2Si/c1-7-18-28-23-19-24(27-20-23)26(21-14-10-8-11-15-21,22-16-12-9-13-17-22)29-30(5,6)25(2,3)4/h1,8-17,23-24,27H,18-20H2,2-6H3/t23-,24+/m1/s1. The van der Waals surface area contributed by atoms with Crippen molar-refractivity contribution >= 4 is 8.32 Å². The van der Waals surface area contributed by atoms with Gasteiger partial charge in [-0.25, -0.2) is 0 Å². The number of hydrogen-bond donors (Lipinski definition) is 1. The van der Waals surface area contributed by atoms with Crippen LogP contribution >= 0.6 is 0 Å². The van der Waals surface area contributed by atoms with Crippen molar-refractivity contribution in [3.8, 4) is 12.3 Å². The van der Waals surface area contributed by atoms with E-state index in [1.54, 1.807) is 0 Å². The van der Waals surface area contributed by atoms with Crippen molar-refractivity contribution < 1.29 is 9.16 Å². The summed E-state index contributed by atoms with van der Waals surface area (Å²) in [5.74, 6) is 2.60. The third-order valence-corrected chi connectivity index (χ3v) is 11.1. The van der Waals surface area contributed by atoms with Gasteiger partial charge in [0.25, 0.3) is 0 Å². The second-order valence-corrected chi connectivity index (χ2v) is 14.4. The molecule has 3 rings (SSSR count). The quantitative estimate of drug-likeness (QED) is 0.484. The van der Waals surface area contributed by atoms with Gasteiger partial charge in [-0.2, -0.15) is 0 Å². The Morgan fingerprint density at radius 3 is 2.00 bits per heavy atom. The van der Waals surface area contributed by atoms with E-state index < -0.39 is 13.9 Å². The topological polar surface area (TPSA) is 30.5 Å². The van der Waals surface area contributed by atoms with E-state index in [2.05, 4.69) is 106 Å². The van der Waals surface area contributed by atoms with Crippen LogP contribution in [0.5, 0.6) is 0 Å². The Morgan fingerprint density at radius 2 is 1.53 bits per heavy atom. The van der Waals surface area contributed by atoms with Gasteiger partial charge in [-0.1, -0.05) is 87.4 Å². The number of terminal acetylenes is 1. The average Bonchev–Trinajstić information content (AvgIpc) is 3.20. The van der Waals surface area contributed by atoms with Crippen molar-refractivity contribution in [3.63, 3.8) is 0 Å². The fourth-order valence-corrected chi connectivity index (χ4v) is 5.48. The molecule has 0 unspecified atom stereocenters. The lowest BCUT2D eigenvalue weighted by Gasteiger charge is -2.49. The maximum absolute atomic E-state index is 7.38. The van der Waals surface area contributed by atoms with Gasteiger partial charge in [0.1, 0.15) is 12.2 Å². The van der Waals surface area contributed by atoms with Gasteiger partial charge in [0, 0.05) is 12.6 Å². The number of ether oxygens (including phenoxy) is 1. The molecule has 2 aromatic rings. The average molecular weight is 422 g/mol. The Balaban J connectivity index is 2.14. The minimum Gasteiger partial charge on any atom is -0.402 e. The van der Waals surface area contributed by atoms with Crippen LogP contribution in [0.2, 0.25) is 18.1 Å². The number of nitrogens with one attached hydrogen (secondary N) is 1. The SMILES string of the molecule is C#CCO[C@H]1CN[C@H](C(O[Si](C)(C)C(C)(C)C)(c2ccccc2)c2ccccc2)C1. The van der Waals surface area contributed by atoms with E-state index in [-0.39, 0.29) is 17.2 Å². The van der Waals surface area contributed by atoms with E-state index in [4.69, 9.17) is 15.6 Å². The monoisotopic (exact) mass is 421 g/mol. The molecule has 0 radical (unpaired) electrons. The lowest BCUT2D eigenvalue weighted by Crippen LogP contribution is -2.56. The molecule has 0 aromatic heterocycles. The summed E-state index contributed by atoms with van der Waals surface area (Å²) in [6.45, 7) is 12.6. The first-order valence-electron chi connectivity index (χ1n) is 10.8. The molecule has 2 aromatic carbocycles. The number of hydrogen-bond acceptors (Lipinski definition) is 3. The van der Waals surface area contributed by atoms with E-state index in [1.165, 1.54) is 11.1 Å². The molecule has 3 nitrogen and oxygen atoms in total. The van der Waals surface area contributed by atoms with Gasteiger partial charge in [0.05, 0.1) is 6.10 Å². The van der Waals surface area contributed by atoms with E-state index in [9.17, 15) is 0 Å². The molecule has 160 valence electrons. The highest BCUT2D eigenvalue weighted by Crippen LogP contribution is 2.47. The molecule has 0 amide bonds. The van der Waals surface area contributed by atoms with Gasteiger partial charge in [-0.05, 0) is 35.7 Å². The minimum atomic E-state index is -2.13. The summed E-state index contributed by atoms with van der Waals surface area (Å²) in [6, 6.07) is 21.4. The first-order chi connectivity index (χ1) is 14.2. The van der Waals surface area contributed by atoms with Gasteiger partial charge in [-0.3, -0.25) is 0 Å². The van der Waals surface area contributed by atoms with E-state index in [0.29, 0.717) is 6.61 Å². The summed E-state index contributed by atoms with van der Waals surface area (Å²) in [5, 5.41) is 3.81. The largest absolute Gasteiger partial charge is 0.402 e. The summed E-state index contributed by atoms with van der Waals surface area (Å²) in [6.07, 6.45) is 6.36. The number of benzene rings is 2. The Hall–Kier alpha value is -1.90. The van der Waals surface area contributed by atoms with Crippen LogP contribution in [0.25, 0.3) is 0 Å². The van der Waals surface area contributed by atoms with Crippen LogP contribution in [0.4, 0.5) is 0 Å². The lowest BCUT2D eigenvalue weighted by atomic mass is 9.79. The van der Waals surface area contributed by atoms with Gasteiger partial charge in [0.2, 0.25) is 0 Å². The summed E-state index contributed by atoms with van der Waals surface area (Å²) in [5.41, 5.74) is 1.76. The van der Waals surface area contributed by atoms with Crippen molar-refractivity contribution in [1.29, 1.82) is 0 Å². The second kappa shape index (κ2) is 9.07. The highest BCUT2D eigenvalue weighted by molar-refractivity contribution is 6.74. The molecule has 1 aliphatic heterocycles. The molecular formula is C26H35NO2Si. The fraction of sp³-hybridized carbons (Fsp3) is 0.462. The van der Waals surface area contributed by atoms with Crippen LogP contribution in [-0.2, 0) is 14.8 Å². The third-order valence-electron chi connectivity index (χ3n) is 6.61.